The molecule has 0 aliphatic carbocycles. The molecule has 3 atom stereocenters. The van der Waals surface area contributed by atoms with E-state index in [1.54, 1.807) is 0 Å². The highest BCUT2D eigenvalue weighted by atomic mass is 16.6. The Morgan fingerprint density at radius 3 is 2.00 bits per heavy atom. The SMILES string of the molecule is OC1OCC(c2ccccc2)C1c1ccccc1. The van der Waals surface area contributed by atoms with E-state index >= 15 is 0 Å². The molecule has 2 aromatic carbocycles. The molecule has 2 nitrogen and oxygen atoms in total. The van der Waals surface area contributed by atoms with Crippen molar-refractivity contribution < 1.29 is 9.84 Å². The molecular formula is C16H16O2. The fourth-order valence-corrected chi connectivity index (χ4v) is 2.68. The Bertz CT molecular complexity index is 495. The summed E-state index contributed by atoms with van der Waals surface area (Å²) in [6.07, 6.45) is -0.711. The third-order valence-corrected chi connectivity index (χ3v) is 3.60. The molecule has 1 heterocycles. The van der Waals surface area contributed by atoms with Crippen molar-refractivity contribution in [1.82, 2.24) is 0 Å². The molecule has 0 spiro atoms. The predicted molar refractivity (Wildman–Crippen MR) is 70.3 cm³/mol. The van der Waals surface area contributed by atoms with Gasteiger partial charge in [-0.05, 0) is 11.1 Å². The first-order valence-electron chi connectivity index (χ1n) is 6.26. The highest BCUT2D eigenvalue weighted by Gasteiger charge is 2.37. The predicted octanol–water partition coefficient (Wildman–Crippen LogP) is 2.90. The van der Waals surface area contributed by atoms with Crippen molar-refractivity contribution >= 4 is 0 Å². The quantitative estimate of drug-likeness (QED) is 0.874. The molecule has 92 valence electrons. The molecule has 2 aromatic rings. The Balaban J connectivity index is 1.96. The average Bonchev–Trinajstić information content (AvgIpc) is 2.83. The van der Waals surface area contributed by atoms with Gasteiger partial charge in [0.25, 0.3) is 0 Å². The van der Waals surface area contributed by atoms with Gasteiger partial charge in [-0.25, -0.2) is 0 Å². The van der Waals surface area contributed by atoms with Crippen LogP contribution in [0.25, 0.3) is 0 Å². The molecule has 1 fully saturated rings. The van der Waals surface area contributed by atoms with Crippen LogP contribution >= 0.6 is 0 Å². The van der Waals surface area contributed by atoms with Gasteiger partial charge in [0.05, 0.1) is 6.61 Å². The largest absolute Gasteiger partial charge is 0.367 e. The Morgan fingerprint density at radius 1 is 0.833 bits per heavy atom. The first-order chi connectivity index (χ1) is 8.86. The highest BCUT2D eigenvalue weighted by Crippen LogP contribution is 2.41. The maximum atomic E-state index is 10.1. The number of hydrogen-bond donors (Lipinski definition) is 1. The van der Waals surface area contributed by atoms with Crippen LogP contribution in [0.4, 0.5) is 0 Å². The van der Waals surface area contributed by atoms with E-state index in [9.17, 15) is 5.11 Å². The van der Waals surface area contributed by atoms with Crippen LogP contribution in [0, 0.1) is 0 Å². The van der Waals surface area contributed by atoms with E-state index in [-0.39, 0.29) is 11.8 Å². The van der Waals surface area contributed by atoms with E-state index < -0.39 is 6.29 Å². The highest BCUT2D eigenvalue weighted by molar-refractivity contribution is 5.30. The van der Waals surface area contributed by atoms with Crippen molar-refractivity contribution in [2.75, 3.05) is 6.61 Å². The molecule has 3 rings (SSSR count). The monoisotopic (exact) mass is 240 g/mol. The Kier molecular flexibility index (Phi) is 3.13. The van der Waals surface area contributed by atoms with Crippen molar-refractivity contribution in [2.24, 2.45) is 0 Å². The zero-order chi connectivity index (χ0) is 12.4. The maximum absolute atomic E-state index is 10.1. The molecule has 1 N–H and O–H groups in total. The number of ether oxygens (including phenoxy) is 1. The normalized spacial score (nSPS) is 27.3. The van der Waals surface area contributed by atoms with Crippen molar-refractivity contribution in [3.8, 4) is 0 Å². The van der Waals surface area contributed by atoms with Gasteiger partial charge in [-0.2, -0.15) is 0 Å². The molecule has 0 saturated carbocycles. The fraction of sp³-hybridized carbons (Fsp3) is 0.250. The molecule has 1 saturated heterocycles. The van der Waals surface area contributed by atoms with Crippen LogP contribution in [-0.2, 0) is 4.74 Å². The molecule has 0 bridgehead atoms. The topological polar surface area (TPSA) is 29.5 Å². The van der Waals surface area contributed by atoms with E-state index in [0.29, 0.717) is 6.61 Å². The van der Waals surface area contributed by atoms with Crippen molar-refractivity contribution in [3.05, 3.63) is 71.8 Å². The lowest BCUT2D eigenvalue weighted by molar-refractivity contribution is -0.0678. The minimum Gasteiger partial charge on any atom is -0.367 e. The Morgan fingerprint density at radius 2 is 1.39 bits per heavy atom. The zero-order valence-electron chi connectivity index (χ0n) is 10.1. The fourth-order valence-electron chi connectivity index (χ4n) is 2.68. The summed E-state index contributed by atoms with van der Waals surface area (Å²) in [5.41, 5.74) is 2.36. The Hall–Kier alpha value is -1.64. The molecule has 0 radical (unpaired) electrons. The minimum absolute atomic E-state index is 0.0219. The van der Waals surface area contributed by atoms with Crippen LogP contribution in [0.1, 0.15) is 23.0 Å². The van der Waals surface area contributed by atoms with Crippen LogP contribution in [-0.4, -0.2) is 18.0 Å². The Labute approximate surface area is 107 Å². The molecule has 0 aromatic heterocycles. The van der Waals surface area contributed by atoms with Crippen LogP contribution in [0.3, 0.4) is 0 Å². The first kappa shape index (κ1) is 11.5. The summed E-state index contributed by atoms with van der Waals surface area (Å²) < 4.78 is 5.44. The van der Waals surface area contributed by atoms with Crippen LogP contribution in [0.5, 0.6) is 0 Å². The lowest BCUT2D eigenvalue weighted by Gasteiger charge is -2.20. The second-order valence-corrected chi connectivity index (χ2v) is 4.68. The van der Waals surface area contributed by atoms with Crippen LogP contribution < -0.4 is 0 Å². The molecular weight excluding hydrogens is 224 g/mol. The van der Waals surface area contributed by atoms with Crippen molar-refractivity contribution in [3.63, 3.8) is 0 Å². The maximum Gasteiger partial charge on any atom is 0.162 e. The van der Waals surface area contributed by atoms with Gasteiger partial charge in [0.15, 0.2) is 6.29 Å². The zero-order valence-corrected chi connectivity index (χ0v) is 10.1. The van der Waals surface area contributed by atoms with Crippen molar-refractivity contribution in [1.29, 1.82) is 0 Å². The van der Waals surface area contributed by atoms with Crippen LogP contribution in [0.15, 0.2) is 60.7 Å². The van der Waals surface area contributed by atoms with Gasteiger partial charge in [0, 0.05) is 11.8 Å². The number of aliphatic hydroxyl groups is 1. The summed E-state index contributed by atoms with van der Waals surface area (Å²) in [6.45, 7) is 0.574. The number of hydrogen-bond acceptors (Lipinski definition) is 2. The summed E-state index contributed by atoms with van der Waals surface area (Å²) in [5.74, 6) is 0.247. The summed E-state index contributed by atoms with van der Waals surface area (Å²) in [5, 5.41) is 10.1. The van der Waals surface area contributed by atoms with Gasteiger partial charge in [0.1, 0.15) is 0 Å². The number of rotatable bonds is 2. The van der Waals surface area contributed by atoms with Crippen molar-refractivity contribution in [2.45, 2.75) is 18.1 Å². The summed E-state index contributed by atoms with van der Waals surface area (Å²) >= 11 is 0. The summed E-state index contributed by atoms with van der Waals surface area (Å²) in [7, 11) is 0. The lowest BCUT2D eigenvalue weighted by Crippen LogP contribution is -2.16. The van der Waals surface area contributed by atoms with Gasteiger partial charge < -0.3 is 9.84 Å². The summed E-state index contributed by atoms with van der Waals surface area (Å²) in [6, 6.07) is 20.4. The van der Waals surface area contributed by atoms with E-state index in [4.69, 9.17) is 4.74 Å². The molecule has 18 heavy (non-hydrogen) atoms. The molecule has 1 aliphatic heterocycles. The molecule has 0 amide bonds. The van der Waals surface area contributed by atoms with E-state index in [2.05, 4.69) is 24.3 Å². The second kappa shape index (κ2) is 4.92. The van der Waals surface area contributed by atoms with Gasteiger partial charge in [-0.3, -0.25) is 0 Å². The van der Waals surface area contributed by atoms with Gasteiger partial charge in [0.2, 0.25) is 0 Å². The second-order valence-electron chi connectivity index (χ2n) is 4.68. The minimum atomic E-state index is -0.711. The molecule has 1 aliphatic rings. The third-order valence-electron chi connectivity index (χ3n) is 3.60. The van der Waals surface area contributed by atoms with E-state index in [1.165, 1.54) is 5.56 Å². The third kappa shape index (κ3) is 2.05. The van der Waals surface area contributed by atoms with Gasteiger partial charge in [-0.1, -0.05) is 60.7 Å². The van der Waals surface area contributed by atoms with E-state index in [1.807, 2.05) is 36.4 Å². The van der Waals surface area contributed by atoms with Crippen LogP contribution in [0.2, 0.25) is 0 Å². The first-order valence-corrected chi connectivity index (χ1v) is 6.26. The smallest absolute Gasteiger partial charge is 0.162 e. The number of benzene rings is 2. The summed E-state index contributed by atoms with van der Waals surface area (Å²) in [4.78, 5) is 0. The molecule has 2 heteroatoms. The average molecular weight is 240 g/mol. The molecule has 3 unspecified atom stereocenters. The van der Waals surface area contributed by atoms with Gasteiger partial charge >= 0.3 is 0 Å². The number of aliphatic hydroxyl groups excluding tert-OH is 1. The lowest BCUT2D eigenvalue weighted by atomic mass is 9.83. The van der Waals surface area contributed by atoms with E-state index in [0.717, 1.165) is 5.56 Å². The standard InChI is InChI=1S/C16H16O2/c17-16-15(13-9-5-2-6-10-13)14(11-18-16)12-7-3-1-4-8-12/h1-10,14-17H,11H2. The van der Waals surface area contributed by atoms with Gasteiger partial charge in [-0.15, -0.1) is 0 Å².